The molecule has 1 rings (SSSR count). The number of carbonyl (C=O) groups is 1. The summed E-state index contributed by atoms with van der Waals surface area (Å²) in [6.07, 6.45) is -7.99. The van der Waals surface area contributed by atoms with Crippen LogP contribution in [-0.4, -0.2) is 17.6 Å². The van der Waals surface area contributed by atoms with Crippen LogP contribution in [0.1, 0.15) is 35.0 Å². The molecule has 100 valence electrons. The Morgan fingerprint density at radius 1 is 1.44 bits per heavy atom. The van der Waals surface area contributed by atoms with E-state index in [2.05, 4.69) is 9.72 Å². The Bertz CT molecular complexity index is 444. The van der Waals surface area contributed by atoms with E-state index in [1.54, 1.807) is 0 Å². The molecule has 0 fully saturated rings. The van der Waals surface area contributed by atoms with Crippen molar-refractivity contribution in [2.24, 2.45) is 0 Å². The normalized spacial score (nSPS) is 11.7. The number of esters is 1. The van der Waals surface area contributed by atoms with Gasteiger partial charge >= 0.3 is 12.1 Å². The second-order valence-corrected chi connectivity index (χ2v) is 3.18. The second-order valence-electron chi connectivity index (χ2n) is 3.18. The van der Waals surface area contributed by atoms with Crippen molar-refractivity contribution in [2.75, 3.05) is 6.61 Å². The van der Waals surface area contributed by atoms with Gasteiger partial charge < -0.3 is 4.74 Å². The molecule has 0 aromatic carbocycles. The molecule has 1 aromatic rings. The average molecular weight is 269 g/mol. The van der Waals surface area contributed by atoms with Gasteiger partial charge in [0, 0.05) is 11.8 Å². The van der Waals surface area contributed by atoms with E-state index in [-0.39, 0.29) is 12.7 Å². The molecular weight excluding hydrogens is 261 g/mol. The maximum Gasteiger partial charge on any atom is 0.417 e. The van der Waals surface area contributed by atoms with E-state index in [0.29, 0.717) is 6.20 Å². The first-order valence-electron chi connectivity index (χ1n) is 4.79. The van der Waals surface area contributed by atoms with E-state index in [9.17, 15) is 26.7 Å². The molecule has 0 N–H and O–H groups in total. The Morgan fingerprint density at radius 3 is 2.50 bits per heavy atom. The van der Waals surface area contributed by atoms with E-state index in [1.165, 1.54) is 6.92 Å². The highest BCUT2D eigenvalue weighted by molar-refractivity contribution is 5.87. The summed E-state index contributed by atoms with van der Waals surface area (Å²) in [7, 11) is 0. The molecule has 0 amide bonds. The zero-order chi connectivity index (χ0) is 13.9. The molecule has 8 heteroatoms. The number of pyridine rings is 1. The lowest BCUT2D eigenvalue weighted by molar-refractivity contribution is -0.139. The maximum atomic E-state index is 12.5. The topological polar surface area (TPSA) is 39.2 Å². The highest BCUT2D eigenvalue weighted by Gasteiger charge is 2.37. The van der Waals surface area contributed by atoms with Crippen molar-refractivity contribution < 1.29 is 31.5 Å². The van der Waals surface area contributed by atoms with Crippen LogP contribution in [-0.2, 0) is 10.9 Å². The standard InChI is InChI=1S/C10H8F5NO2/c1-2-18-9(17)7-3-6(10(13,14)15)5(4-16-7)8(11)12/h3-4,8H,2H2,1H3. The summed E-state index contributed by atoms with van der Waals surface area (Å²) in [5.74, 6) is -1.09. The number of rotatable bonds is 3. The Balaban J connectivity index is 3.26. The third kappa shape index (κ3) is 3.14. The Labute approximate surface area is 98.6 Å². The van der Waals surface area contributed by atoms with Gasteiger partial charge in [0.05, 0.1) is 12.2 Å². The molecule has 3 nitrogen and oxygen atoms in total. The molecule has 0 aliphatic rings. The van der Waals surface area contributed by atoms with Crippen molar-refractivity contribution >= 4 is 5.97 Å². The van der Waals surface area contributed by atoms with E-state index in [4.69, 9.17) is 0 Å². The summed E-state index contributed by atoms with van der Waals surface area (Å²) in [5.41, 5.74) is -3.51. The molecule has 0 saturated carbocycles. The zero-order valence-corrected chi connectivity index (χ0v) is 9.09. The van der Waals surface area contributed by atoms with Crippen molar-refractivity contribution in [1.29, 1.82) is 0 Å². The van der Waals surface area contributed by atoms with Gasteiger partial charge in [-0.05, 0) is 13.0 Å². The van der Waals surface area contributed by atoms with Gasteiger partial charge in [0.1, 0.15) is 5.69 Å². The highest BCUT2D eigenvalue weighted by atomic mass is 19.4. The first-order chi connectivity index (χ1) is 8.27. The number of hydrogen-bond donors (Lipinski definition) is 0. The minimum Gasteiger partial charge on any atom is -0.461 e. The summed E-state index contributed by atoms with van der Waals surface area (Å²) in [6.45, 7) is 1.40. The molecule has 1 aromatic heterocycles. The lowest BCUT2D eigenvalue weighted by atomic mass is 10.1. The van der Waals surface area contributed by atoms with Gasteiger partial charge in [-0.25, -0.2) is 18.6 Å². The zero-order valence-electron chi connectivity index (χ0n) is 9.09. The minimum atomic E-state index is -4.99. The molecule has 1 heterocycles. The summed E-state index contributed by atoms with van der Waals surface area (Å²) < 4.78 is 66.8. The van der Waals surface area contributed by atoms with Crippen LogP contribution in [0.25, 0.3) is 0 Å². The summed E-state index contributed by atoms with van der Waals surface area (Å²) in [6, 6.07) is 0.263. The summed E-state index contributed by atoms with van der Waals surface area (Å²) in [4.78, 5) is 14.4. The monoisotopic (exact) mass is 269 g/mol. The lowest BCUT2D eigenvalue weighted by Gasteiger charge is -2.12. The Kier molecular flexibility index (Phi) is 4.20. The molecule has 0 aliphatic carbocycles. The van der Waals surface area contributed by atoms with Gasteiger partial charge in [-0.1, -0.05) is 0 Å². The molecular formula is C10H8F5NO2. The molecule has 0 atom stereocenters. The fourth-order valence-corrected chi connectivity index (χ4v) is 1.20. The van der Waals surface area contributed by atoms with Crippen LogP contribution in [0.2, 0.25) is 0 Å². The van der Waals surface area contributed by atoms with Gasteiger partial charge in [-0.2, -0.15) is 13.2 Å². The van der Waals surface area contributed by atoms with E-state index < -0.39 is 35.4 Å². The molecule has 0 radical (unpaired) electrons. The summed E-state index contributed by atoms with van der Waals surface area (Å²) in [5, 5.41) is 0. The maximum absolute atomic E-state index is 12.5. The quantitative estimate of drug-likeness (QED) is 0.624. The van der Waals surface area contributed by atoms with Crippen molar-refractivity contribution in [1.82, 2.24) is 4.98 Å². The fourth-order valence-electron chi connectivity index (χ4n) is 1.20. The largest absolute Gasteiger partial charge is 0.461 e. The van der Waals surface area contributed by atoms with Gasteiger partial charge in [-0.15, -0.1) is 0 Å². The van der Waals surface area contributed by atoms with E-state index >= 15 is 0 Å². The van der Waals surface area contributed by atoms with Crippen LogP contribution in [0.5, 0.6) is 0 Å². The first-order valence-corrected chi connectivity index (χ1v) is 4.79. The van der Waals surface area contributed by atoms with Gasteiger partial charge in [0.15, 0.2) is 0 Å². The van der Waals surface area contributed by atoms with Gasteiger partial charge in [0.2, 0.25) is 0 Å². The average Bonchev–Trinajstić information content (AvgIpc) is 2.27. The van der Waals surface area contributed by atoms with E-state index in [1.807, 2.05) is 0 Å². The highest BCUT2D eigenvalue weighted by Crippen LogP contribution is 2.36. The predicted octanol–water partition coefficient (Wildman–Crippen LogP) is 3.21. The van der Waals surface area contributed by atoms with Crippen LogP contribution in [0, 0.1) is 0 Å². The van der Waals surface area contributed by atoms with Crippen LogP contribution in [0.15, 0.2) is 12.3 Å². The second kappa shape index (κ2) is 5.28. The van der Waals surface area contributed by atoms with Crippen LogP contribution < -0.4 is 0 Å². The SMILES string of the molecule is CCOC(=O)c1cc(C(F)(F)F)c(C(F)F)cn1. The number of aromatic nitrogens is 1. The molecule has 0 aliphatic heterocycles. The number of hydrogen-bond acceptors (Lipinski definition) is 3. The van der Waals surface area contributed by atoms with Crippen LogP contribution in [0.3, 0.4) is 0 Å². The third-order valence-corrected chi connectivity index (χ3v) is 1.96. The van der Waals surface area contributed by atoms with Gasteiger partial charge in [-0.3, -0.25) is 0 Å². The van der Waals surface area contributed by atoms with Crippen LogP contribution >= 0.6 is 0 Å². The fraction of sp³-hybridized carbons (Fsp3) is 0.400. The van der Waals surface area contributed by atoms with Crippen molar-refractivity contribution in [3.8, 4) is 0 Å². The smallest absolute Gasteiger partial charge is 0.417 e. The number of carbonyl (C=O) groups excluding carboxylic acids is 1. The van der Waals surface area contributed by atoms with Crippen molar-refractivity contribution in [3.63, 3.8) is 0 Å². The predicted molar refractivity (Wildman–Crippen MR) is 50.2 cm³/mol. The van der Waals surface area contributed by atoms with Crippen molar-refractivity contribution in [3.05, 3.63) is 29.1 Å². The van der Waals surface area contributed by atoms with Crippen molar-refractivity contribution in [2.45, 2.75) is 19.5 Å². The third-order valence-electron chi connectivity index (χ3n) is 1.96. The number of nitrogens with zero attached hydrogens (tertiary/aromatic N) is 1. The van der Waals surface area contributed by atoms with E-state index in [0.717, 1.165) is 0 Å². The molecule has 18 heavy (non-hydrogen) atoms. The number of ether oxygens (including phenoxy) is 1. The Morgan fingerprint density at radius 2 is 2.06 bits per heavy atom. The Hall–Kier alpha value is -1.73. The minimum absolute atomic E-state index is 0.0571. The molecule has 0 saturated heterocycles. The summed E-state index contributed by atoms with van der Waals surface area (Å²) >= 11 is 0. The molecule has 0 unspecified atom stereocenters. The van der Waals surface area contributed by atoms with Crippen LogP contribution in [0.4, 0.5) is 22.0 Å². The lowest BCUT2D eigenvalue weighted by Crippen LogP contribution is -2.14. The molecule has 0 bridgehead atoms. The van der Waals surface area contributed by atoms with Gasteiger partial charge in [0.25, 0.3) is 6.43 Å². The molecule has 0 spiro atoms. The first kappa shape index (κ1) is 14.3. The number of alkyl halides is 5. The number of halogens is 5.